The Morgan fingerprint density at radius 1 is 1.47 bits per heavy atom. The molecule has 0 spiro atoms. The van der Waals surface area contributed by atoms with Crippen LogP contribution in [-0.4, -0.2) is 27.6 Å². The molecule has 96 valence electrons. The lowest BCUT2D eigenvalue weighted by Crippen LogP contribution is -2.32. The molecule has 1 aromatic rings. The summed E-state index contributed by atoms with van der Waals surface area (Å²) in [5.74, 6) is 0.927. The highest BCUT2D eigenvalue weighted by molar-refractivity contribution is 4.96. The van der Waals surface area contributed by atoms with Crippen LogP contribution >= 0.6 is 0 Å². The van der Waals surface area contributed by atoms with Crippen molar-refractivity contribution in [3.05, 3.63) is 11.9 Å². The molecule has 2 rings (SSSR count). The molecule has 0 radical (unpaired) electrons. The molecule has 1 atom stereocenters. The zero-order chi connectivity index (χ0) is 12.1. The fourth-order valence-corrected chi connectivity index (χ4v) is 2.92. The first kappa shape index (κ1) is 12.6. The van der Waals surface area contributed by atoms with Gasteiger partial charge < -0.3 is 5.32 Å². The highest BCUT2D eigenvalue weighted by Gasteiger charge is 2.20. The first-order valence-corrected chi connectivity index (χ1v) is 6.86. The van der Waals surface area contributed by atoms with E-state index in [1.165, 1.54) is 32.1 Å². The lowest BCUT2D eigenvalue weighted by molar-refractivity contribution is 0.388. The zero-order valence-corrected chi connectivity index (χ0v) is 11.0. The fraction of sp³-hybridized carbons (Fsp3) is 0.846. The van der Waals surface area contributed by atoms with E-state index in [2.05, 4.69) is 22.6 Å². The van der Waals surface area contributed by atoms with Crippen molar-refractivity contribution in [3.63, 3.8) is 0 Å². The Labute approximate surface area is 104 Å². The minimum Gasteiger partial charge on any atom is -0.314 e. The smallest absolute Gasteiger partial charge is 0.0842 e. The molecule has 1 aliphatic rings. The molecule has 4 nitrogen and oxygen atoms in total. The van der Waals surface area contributed by atoms with Crippen molar-refractivity contribution in [1.29, 1.82) is 0 Å². The number of aryl methyl sites for hydroxylation is 1. The lowest BCUT2D eigenvalue weighted by atomic mass is 9.95. The van der Waals surface area contributed by atoms with Gasteiger partial charge in [0.2, 0.25) is 0 Å². The van der Waals surface area contributed by atoms with Gasteiger partial charge >= 0.3 is 0 Å². The summed E-state index contributed by atoms with van der Waals surface area (Å²) in [5.41, 5.74) is 1.11. The quantitative estimate of drug-likeness (QED) is 0.820. The van der Waals surface area contributed by atoms with Gasteiger partial charge in [-0.25, -0.2) is 0 Å². The molecule has 1 fully saturated rings. The van der Waals surface area contributed by atoms with Crippen molar-refractivity contribution < 1.29 is 0 Å². The lowest BCUT2D eigenvalue weighted by Gasteiger charge is -2.20. The highest BCUT2D eigenvalue weighted by Crippen LogP contribution is 2.29. The van der Waals surface area contributed by atoms with E-state index in [0.717, 1.165) is 24.6 Å². The number of hydrogen-bond acceptors (Lipinski definition) is 3. The van der Waals surface area contributed by atoms with Crippen LogP contribution in [0.15, 0.2) is 6.20 Å². The van der Waals surface area contributed by atoms with E-state index in [9.17, 15) is 0 Å². The SMILES string of the molecule is CCNC(Cc1cn(C)nn1)CC1CCCC1. The maximum atomic E-state index is 4.19. The molecule has 1 N–H and O–H groups in total. The number of rotatable bonds is 6. The van der Waals surface area contributed by atoms with Gasteiger partial charge in [0.15, 0.2) is 0 Å². The predicted molar refractivity (Wildman–Crippen MR) is 68.7 cm³/mol. The van der Waals surface area contributed by atoms with Gasteiger partial charge in [0.1, 0.15) is 0 Å². The largest absolute Gasteiger partial charge is 0.314 e. The summed E-state index contributed by atoms with van der Waals surface area (Å²) in [4.78, 5) is 0. The summed E-state index contributed by atoms with van der Waals surface area (Å²) < 4.78 is 1.79. The average Bonchev–Trinajstić information content (AvgIpc) is 2.91. The molecule has 4 heteroatoms. The van der Waals surface area contributed by atoms with Crippen LogP contribution < -0.4 is 5.32 Å². The Kier molecular flexibility index (Phi) is 4.54. The van der Waals surface area contributed by atoms with Crippen LogP contribution in [0.4, 0.5) is 0 Å². The summed E-state index contributed by atoms with van der Waals surface area (Å²) in [5, 5.41) is 11.8. The molecule has 0 bridgehead atoms. The third-order valence-corrected chi connectivity index (χ3v) is 3.69. The minimum absolute atomic E-state index is 0.569. The van der Waals surface area contributed by atoms with E-state index >= 15 is 0 Å². The molecule has 1 aromatic heterocycles. The maximum Gasteiger partial charge on any atom is 0.0842 e. The van der Waals surface area contributed by atoms with Gasteiger partial charge in [-0.15, -0.1) is 5.10 Å². The first-order valence-electron chi connectivity index (χ1n) is 6.86. The summed E-state index contributed by atoms with van der Waals surface area (Å²) in [6, 6.07) is 0.569. The third-order valence-electron chi connectivity index (χ3n) is 3.69. The standard InChI is InChI=1S/C13H24N4/c1-3-14-12(8-11-6-4-5-7-11)9-13-10-17(2)16-15-13/h10-12,14H,3-9H2,1-2H3. The van der Waals surface area contributed by atoms with Gasteiger partial charge in [-0.2, -0.15) is 0 Å². The van der Waals surface area contributed by atoms with E-state index in [0.29, 0.717) is 6.04 Å². The van der Waals surface area contributed by atoms with Gasteiger partial charge in [-0.1, -0.05) is 37.8 Å². The number of nitrogens with zero attached hydrogens (tertiary/aromatic N) is 3. The van der Waals surface area contributed by atoms with Gasteiger partial charge in [-0.05, 0) is 18.9 Å². The first-order chi connectivity index (χ1) is 8.28. The van der Waals surface area contributed by atoms with Crippen molar-refractivity contribution in [3.8, 4) is 0 Å². The Morgan fingerprint density at radius 3 is 2.82 bits per heavy atom. The van der Waals surface area contributed by atoms with Crippen molar-refractivity contribution in [2.24, 2.45) is 13.0 Å². The number of likely N-dealkylation sites (N-methyl/N-ethyl adjacent to an activating group) is 1. The predicted octanol–water partition coefficient (Wildman–Crippen LogP) is 1.92. The molecule has 1 aliphatic carbocycles. The van der Waals surface area contributed by atoms with Crippen molar-refractivity contribution in [1.82, 2.24) is 20.3 Å². The normalized spacial score (nSPS) is 18.7. The molecule has 0 saturated heterocycles. The van der Waals surface area contributed by atoms with Gasteiger partial charge in [-0.3, -0.25) is 4.68 Å². The molecule has 1 unspecified atom stereocenters. The fourth-order valence-electron chi connectivity index (χ4n) is 2.92. The van der Waals surface area contributed by atoms with E-state index in [1.807, 2.05) is 13.2 Å². The van der Waals surface area contributed by atoms with Crippen LogP contribution in [0.3, 0.4) is 0 Å². The monoisotopic (exact) mass is 236 g/mol. The van der Waals surface area contributed by atoms with Crippen LogP contribution in [0.2, 0.25) is 0 Å². The van der Waals surface area contributed by atoms with Crippen molar-refractivity contribution in [2.75, 3.05) is 6.54 Å². The van der Waals surface area contributed by atoms with Gasteiger partial charge in [0.05, 0.1) is 5.69 Å². The van der Waals surface area contributed by atoms with Gasteiger partial charge in [0.25, 0.3) is 0 Å². The molecule has 1 heterocycles. The second-order valence-corrected chi connectivity index (χ2v) is 5.23. The highest BCUT2D eigenvalue weighted by atomic mass is 15.4. The molecule has 0 aliphatic heterocycles. The average molecular weight is 236 g/mol. The van der Waals surface area contributed by atoms with Crippen LogP contribution in [0.5, 0.6) is 0 Å². The van der Waals surface area contributed by atoms with Crippen molar-refractivity contribution in [2.45, 2.75) is 51.5 Å². The molecular formula is C13H24N4. The summed E-state index contributed by atoms with van der Waals surface area (Å²) in [7, 11) is 1.93. The van der Waals surface area contributed by atoms with Crippen molar-refractivity contribution >= 4 is 0 Å². The third kappa shape index (κ3) is 3.80. The van der Waals surface area contributed by atoms with Crippen LogP contribution in [0.1, 0.15) is 44.7 Å². The Morgan fingerprint density at radius 2 is 2.24 bits per heavy atom. The topological polar surface area (TPSA) is 42.7 Å². The number of hydrogen-bond donors (Lipinski definition) is 1. The van der Waals surface area contributed by atoms with E-state index < -0.39 is 0 Å². The summed E-state index contributed by atoms with van der Waals surface area (Å²) >= 11 is 0. The molecule has 0 amide bonds. The minimum atomic E-state index is 0.569. The number of aromatic nitrogens is 3. The van der Waals surface area contributed by atoms with E-state index in [1.54, 1.807) is 4.68 Å². The van der Waals surface area contributed by atoms with Crippen LogP contribution in [0, 0.1) is 5.92 Å². The van der Waals surface area contributed by atoms with Crippen LogP contribution in [0.25, 0.3) is 0 Å². The summed E-state index contributed by atoms with van der Waals surface area (Å²) in [6.45, 7) is 3.22. The Bertz CT molecular complexity index is 328. The molecule has 0 aromatic carbocycles. The van der Waals surface area contributed by atoms with Gasteiger partial charge in [0, 0.05) is 25.7 Å². The molecule has 17 heavy (non-hydrogen) atoms. The van der Waals surface area contributed by atoms with E-state index in [-0.39, 0.29) is 0 Å². The summed E-state index contributed by atoms with van der Waals surface area (Å²) in [6.07, 6.45) is 10.0. The Balaban J connectivity index is 1.87. The Hall–Kier alpha value is -0.900. The second-order valence-electron chi connectivity index (χ2n) is 5.23. The number of nitrogens with one attached hydrogen (secondary N) is 1. The zero-order valence-electron chi connectivity index (χ0n) is 11.0. The molecule has 1 saturated carbocycles. The second kappa shape index (κ2) is 6.15. The molecular weight excluding hydrogens is 212 g/mol. The van der Waals surface area contributed by atoms with E-state index in [4.69, 9.17) is 0 Å². The van der Waals surface area contributed by atoms with Crippen LogP contribution in [-0.2, 0) is 13.5 Å². The maximum absolute atomic E-state index is 4.19.